The van der Waals surface area contributed by atoms with Gasteiger partial charge in [-0.3, -0.25) is 4.79 Å². The fourth-order valence-corrected chi connectivity index (χ4v) is 4.10. The first-order valence-electron chi connectivity index (χ1n) is 11.1. The highest BCUT2D eigenvalue weighted by molar-refractivity contribution is 6.03. The number of nitriles is 1. The van der Waals surface area contributed by atoms with Crippen molar-refractivity contribution in [2.24, 2.45) is 0 Å². The summed E-state index contributed by atoms with van der Waals surface area (Å²) in [5.41, 5.74) is 1.93. The highest BCUT2D eigenvalue weighted by Gasteiger charge is 2.31. The van der Waals surface area contributed by atoms with Crippen molar-refractivity contribution in [2.75, 3.05) is 0 Å². The first-order chi connectivity index (χ1) is 17.6. The SMILES string of the molecule is C[C@H](NC(=O)c1c(C#N)c2ccccc2n1Cc1cccc(OC(F)(F)F)c1)c1ccc(C(=O)O)cc1. The van der Waals surface area contributed by atoms with Crippen LogP contribution in [0.15, 0.2) is 72.8 Å². The number of carbonyl (C=O) groups is 2. The Kier molecular flexibility index (Phi) is 6.89. The van der Waals surface area contributed by atoms with Gasteiger partial charge < -0.3 is 19.7 Å². The molecule has 0 saturated carbocycles. The second-order valence-corrected chi connectivity index (χ2v) is 8.26. The van der Waals surface area contributed by atoms with Crippen LogP contribution in [0.2, 0.25) is 0 Å². The average molecular weight is 507 g/mol. The van der Waals surface area contributed by atoms with Crippen LogP contribution in [0.25, 0.3) is 10.9 Å². The lowest BCUT2D eigenvalue weighted by Gasteiger charge is -2.17. The number of nitrogens with zero attached hydrogens (tertiary/aromatic N) is 2. The van der Waals surface area contributed by atoms with E-state index in [1.165, 1.54) is 30.3 Å². The Hall–Kier alpha value is -4.78. The molecule has 0 fully saturated rings. The zero-order valence-corrected chi connectivity index (χ0v) is 19.4. The van der Waals surface area contributed by atoms with Crippen molar-refractivity contribution in [3.05, 3.63) is 101 Å². The lowest BCUT2D eigenvalue weighted by atomic mass is 10.1. The number of rotatable bonds is 7. The van der Waals surface area contributed by atoms with Crippen LogP contribution in [0.3, 0.4) is 0 Å². The molecule has 4 aromatic rings. The molecule has 1 aromatic heterocycles. The first-order valence-corrected chi connectivity index (χ1v) is 11.1. The predicted molar refractivity (Wildman–Crippen MR) is 128 cm³/mol. The van der Waals surface area contributed by atoms with Gasteiger partial charge in [0.2, 0.25) is 0 Å². The molecule has 188 valence electrons. The number of amides is 1. The van der Waals surface area contributed by atoms with Gasteiger partial charge in [0.15, 0.2) is 0 Å². The number of fused-ring (bicyclic) bond motifs is 1. The summed E-state index contributed by atoms with van der Waals surface area (Å²) in [5.74, 6) is -2.03. The van der Waals surface area contributed by atoms with E-state index >= 15 is 0 Å². The van der Waals surface area contributed by atoms with E-state index in [-0.39, 0.29) is 23.4 Å². The molecule has 0 aliphatic rings. The van der Waals surface area contributed by atoms with Crippen molar-refractivity contribution in [1.82, 2.24) is 9.88 Å². The number of carboxylic acids is 1. The lowest BCUT2D eigenvalue weighted by Crippen LogP contribution is -2.29. The van der Waals surface area contributed by atoms with E-state index in [1.807, 2.05) is 0 Å². The van der Waals surface area contributed by atoms with Gasteiger partial charge >= 0.3 is 12.3 Å². The summed E-state index contributed by atoms with van der Waals surface area (Å²) in [5, 5.41) is 22.4. The van der Waals surface area contributed by atoms with Crippen molar-refractivity contribution in [3.63, 3.8) is 0 Å². The van der Waals surface area contributed by atoms with Gasteiger partial charge in [0.05, 0.1) is 22.7 Å². The second-order valence-electron chi connectivity index (χ2n) is 8.26. The average Bonchev–Trinajstić information content (AvgIpc) is 3.16. The van der Waals surface area contributed by atoms with Gasteiger partial charge in [0, 0.05) is 11.9 Å². The molecule has 0 saturated heterocycles. The first kappa shape index (κ1) is 25.3. The maximum Gasteiger partial charge on any atom is 0.573 e. The van der Waals surface area contributed by atoms with E-state index in [0.29, 0.717) is 22.0 Å². The fraction of sp³-hybridized carbons (Fsp3) is 0.148. The monoisotopic (exact) mass is 507 g/mol. The molecule has 1 amide bonds. The Morgan fingerprint density at radius 1 is 1.08 bits per heavy atom. The summed E-state index contributed by atoms with van der Waals surface area (Å²) in [6.07, 6.45) is -4.85. The molecule has 37 heavy (non-hydrogen) atoms. The van der Waals surface area contributed by atoms with Crippen LogP contribution in [0.4, 0.5) is 13.2 Å². The van der Waals surface area contributed by atoms with Crippen LogP contribution in [0.5, 0.6) is 5.75 Å². The van der Waals surface area contributed by atoms with Crippen LogP contribution in [0.1, 0.15) is 50.5 Å². The normalized spacial score (nSPS) is 12.1. The molecule has 0 unspecified atom stereocenters. The minimum absolute atomic E-state index is 0.00168. The number of para-hydroxylation sites is 1. The molecule has 1 heterocycles. The number of alkyl halides is 3. The van der Waals surface area contributed by atoms with E-state index in [4.69, 9.17) is 5.11 Å². The maximum atomic E-state index is 13.5. The Morgan fingerprint density at radius 2 is 1.78 bits per heavy atom. The van der Waals surface area contributed by atoms with Crippen molar-refractivity contribution in [2.45, 2.75) is 25.9 Å². The zero-order chi connectivity index (χ0) is 26.7. The molecule has 10 heteroatoms. The van der Waals surface area contributed by atoms with Crippen LogP contribution in [-0.2, 0) is 6.54 Å². The number of halogens is 3. The molecular weight excluding hydrogens is 487 g/mol. The number of hydrogen-bond donors (Lipinski definition) is 2. The third-order valence-electron chi connectivity index (χ3n) is 5.78. The molecule has 2 N–H and O–H groups in total. The van der Waals surface area contributed by atoms with E-state index in [0.717, 1.165) is 0 Å². The Bertz CT molecular complexity index is 1520. The molecule has 4 rings (SSSR count). The number of aromatic carboxylic acids is 1. The summed E-state index contributed by atoms with van der Waals surface area (Å²) >= 11 is 0. The van der Waals surface area contributed by atoms with Crippen molar-refractivity contribution in [3.8, 4) is 11.8 Å². The minimum Gasteiger partial charge on any atom is -0.478 e. The summed E-state index contributed by atoms with van der Waals surface area (Å²) < 4.78 is 43.7. The van der Waals surface area contributed by atoms with Gasteiger partial charge in [-0.1, -0.05) is 42.5 Å². The van der Waals surface area contributed by atoms with Crippen LogP contribution in [-0.4, -0.2) is 27.9 Å². The minimum atomic E-state index is -4.85. The topological polar surface area (TPSA) is 104 Å². The second kappa shape index (κ2) is 10.1. The number of hydrogen-bond acceptors (Lipinski definition) is 4. The maximum absolute atomic E-state index is 13.5. The smallest absolute Gasteiger partial charge is 0.478 e. The molecule has 3 aromatic carbocycles. The standard InChI is InChI=1S/C27H20F3N3O4/c1-16(18-9-11-19(12-10-18)26(35)36)32-25(34)24-22(14-31)21-7-2-3-8-23(21)33(24)15-17-5-4-6-20(13-17)37-27(28,29)30/h2-13,16H,15H2,1H3,(H,32,34)(H,35,36)/t16-/m0/s1. The number of carboxylic acid groups (broad SMARTS) is 1. The molecule has 0 aliphatic carbocycles. The molecule has 0 bridgehead atoms. The molecule has 0 spiro atoms. The van der Waals surface area contributed by atoms with E-state index in [2.05, 4.69) is 16.1 Å². The zero-order valence-electron chi connectivity index (χ0n) is 19.4. The molecule has 0 aliphatic heterocycles. The summed E-state index contributed by atoms with van der Waals surface area (Å²) in [7, 11) is 0. The predicted octanol–water partition coefficient (Wildman–Crippen LogP) is 5.65. The highest BCUT2D eigenvalue weighted by atomic mass is 19.4. The summed E-state index contributed by atoms with van der Waals surface area (Å²) in [4.78, 5) is 24.6. The molecule has 0 radical (unpaired) electrons. The van der Waals surface area contributed by atoms with Crippen molar-refractivity contribution in [1.29, 1.82) is 5.26 Å². The van der Waals surface area contributed by atoms with Gasteiger partial charge in [0.25, 0.3) is 5.91 Å². The number of nitrogens with one attached hydrogen (secondary N) is 1. The van der Waals surface area contributed by atoms with E-state index < -0.39 is 30.0 Å². The quantitative estimate of drug-likeness (QED) is 0.337. The Morgan fingerprint density at radius 3 is 2.43 bits per heavy atom. The van der Waals surface area contributed by atoms with Crippen LogP contribution < -0.4 is 10.1 Å². The number of ether oxygens (including phenoxy) is 1. The number of benzene rings is 3. The fourth-order valence-electron chi connectivity index (χ4n) is 4.10. The third kappa shape index (κ3) is 5.56. The highest BCUT2D eigenvalue weighted by Crippen LogP contribution is 2.29. The van der Waals surface area contributed by atoms with Crippen LogP contribution >= 0.6 is 0 Å². The Balaban J connectivity index is 1.71. The van der Waals surface area contributed by atoms with Crippen molar-refractivity contribution < 1.29 is 32.6 Å². The lowest BCUT2D eigenvalue weighted by molar-refractivity contribution is -0.274. The van der Waals surface area contributed by atoms with Gasteiger partial charge in [-0.15, -0.1) is 13.2 Å². The molecular formula is C27H20F3N3O4. The number of aromatic nitrogens is 1. The van der Waals surface area contributed by atoms with Crippen LogP contribution in [0, 0.1) is 11.3 Å². The van der Waals surface area contributed by atoms with Gasteiger partial charge in [0.1, 0.15) is 17.5 Å². The largest absolute Gasteiger partial charge is 0.573 e. The van der Waals surface area contributed by atoms with E-state index in [1.54, 1.807) is 54.0 Å². The third-order valence-corrected chi connectivity index (χ3v) is 5.78. The summed E-state index contributed by atoms with van der Waals surface area (Å²) in [6, 6.07) is 19.8. The summed E-state index contributed by atoms with van der Waals surface area (Å²) in [6.45, 7) is 1.71. The number of carbonyl (C=O) groups excluding carboxylic acids is 1. The van der Waals surface area contributed by atoms with Gasteiger partial charge in [-0.05, 0) is 48.4 Å². The molecule has 1 atom stereocenters. The molecule has 7 nitrogen and oxygen atoms in total. The van der Waals surface area contributed by atoms with Gasteiger partial charge in [-0.25, -0.2) is 4.79 Å². The van der Waals surface area contributed by atoms with Crippen molar-refractivity contribution >= 4 is 22.8 Å². The van der Waals surface area contributed by atoms with Gasteiger partial charge in [-0.2, -0.15) is 5.26 Å². The van der Waals surface area contributed by atoms with E-state index in [9.17, 15) is 28.0 Å². The Labute approximate surface area is 209 Å².